The summed E-state index contributed by atoms with van der Waals surface area (Å²) in [6.45, 7) is 1.57. The van der Waals surface area contributed by atoms with Crippen molar-refractivity contribution in [1.29, 1.82) is 0 Å². The van der Waals surface area contributed by atoms with Crippen LogP contribution >= 0.6 is 11.6 Å². The third-order valence-corrected chi connectivity index (χ3v) is 6.22. The monoisotopic (exact) mass is 434 g/mol. The quantitative estimate of drug-likeness (QED) is 0.450. The molecular formula is C23H23ClN6O. The number of nitrogens with one attached hydrogen (secondary N) is 2. The van der Waals surface area contributed by atoms with Gasteiger partial charge < -0.3 is 15.0 Å². The first kappa shape index (κ1) is 18.8. The lowest BCUT2D eigenvalue weighted by Crippen LogP contribution is -2.19. The Balaban J connectivity index is 1.28. The van der Waals surface area contributed by atoms with Crippen LogP contribution in [0.4, 0.5) is 5.69 Å². The highest BCUT2D eigenvalue weighted by Gasteiger charge is 2.26. The lowest BCUT2D eigenvalue weighted by molar-refractivity contribution is 0.120. The van der Waals surface area contributed by atoms with Crippen molar-refractivity contribution in [3.8, 4) is 22.5 Å². The predicted octanol–water partition coefficient (Wildman–Crippen LogP) is 4.91. The predicted molar refractivity (Wildman–Crippen MR) is 120 cm³/mol. The Morgan fingerprint density at radius 3 is 2.71 bits per heavy atom. The van der Waals surface area contributed by atoms with Gasteiger partial charge in [-0.3, -0.25) is 0 Å². The Morgan fingerprint density at radius 2 is 1.94 bits per heavy atom. The smallest absolute Gasteiger partial charge is 0.177 e. The van der Waals surface area contributed by atoms with Crippen molar-refractivity contribution in [2.24, 2.45) is 0 Å². The summed E-state index contributed by atoms with van der Waals surface area (Å²) >= 11 is 6.33. The van der Waals surface area contributed by atoms with Crippen molar-refractivity contribution in [1.82, 2.24) is 24.6 Å². The summed E-state index contributed by atoms with van der Waals surface area (Å²) in [6.07, 6.45) is 8.66. The summed E-state index contributed by atoms with van der Waals surface area (Å²) in [5.74, 6) is 1.72. The van der Waals surface area contributed by atoms with E-state index in [2.05, 4.69) is 49.6 Å². The molecule has 1 aromatic carbocycles. The van der Waals surface area contributed by atoms with Crippen molar-refractivity contribution in [3.05, 3.63) is 53.7 Å². The highest BCUT2D eigenvalue weighted by atomic mass is 35.5. The zero-order chi connectivity index (χ0) is 20.8. The van der Waals surface area contributed by atoms with E-state index in [1.165, 1.54) is 12.8 Å². The molecule has 0 bridgehead atoms. The molecule has 6 rings (SSSR count). The van der Waals surface area contributed by atoms with Gasteiger partial charge in [-0.25, -0.2) is 14.5 Å². The van der Waals surface area contributed by atoms with Crippen LogP contribution in [0.1, 0.15) is 37.4 Å². The fraction of sp³-hybridized carbons (Fsp3) is 0.348. The van der Waals surface area contributed by atoms with Crippen LogP contribution in [-0.4, -0.2) is 43.8 Å². The maximum absolute atomic E-state index is 6.33. The largest absolute Gasteiger partial charge is 0.379 e. The molecule has 0 spiro atoms. The van der Waals surface area contributed by atoms with Crippen LogP contribution in [0, 0.1) is 0 Å². The summed E-state index contributed by atoms with van der Waals surface area (Å²) in [4.78, 5) is 12.6. The summed E-state index contributed by atoms with van der Waals surface area (Å²) in [7, 11) is 0. The molecule has 2 fully saturated rings. The summed E-state index contributed by atoms with van der Waals surface area (Å²) in [5.41, 5.74) is 5.70. The van der Waals surface area contributed by atoms with Crippen molar-refractivity contribution >= 4 is 22.9 Å². The molecule has 0 amide bonds. The summed E-state index contributed by atoms with van der Waals surface area (Å²) in [6, 6.07) is 10.2. The molecule has 7 nitrogen and oxygen atoms in total. The zero-order valence-corrected chi connectivity index (χ0v) is 17.8. The van der Waals surface area contributed by atoms with Gasteiger partial charge in [-0.2, -0.15) is 5.10 Å². The minimum absolute atomic E-state index is 0.233. The maximum atomic E-state index is 6.33. The molecule has 4 aromatic rings. The zero-order valence-electron chi connectivity index (χ0n) is 17.0. The number of hydrogen-bond acceptors (Lipinski definition) is 5. The van der Waals surface area contributed by atoms with E-state index in [1.807, 2.05) is 18.5 Å². The molecule has 1 saturated carbocycles. The van der Waals surface area contributed by atoms with Crippen molar-refractivity contribution in [3.63, 3.8) is 0 Å². The molecule has 1 atom stereocenters. The molecule has 1 aliphatic carbocycles. The van der Waals surface area contributed by atoms with Gasteiger partial charge in [0.05, 0.1) is 35.6 Å². The van der Waals surface area contributed by atoms with Gasteiger partial charge in [0, 0.05) is 30.7 Å². The minimum atomic E-state index is 0.233. The molecule has 158 valence electrons. The molecule has 2 N–H and O–H groups in total. The number of benzene rings is 1. The average Bonchev–Trinajstić information content (AvgIpc) is 3.19. The molecule has 0 radical (unpaired) electrons. The number of ether oxygens (including phenoxy) is 1. The van der Waals surface area contributed by atoms with Gasteiger partial charge >= 0.3 is 0 Å². The molecule has 2 aliphatic rings. The topological polar surface area (TPSA) is 80.1 Å². The van der Waals surface area contributed by atoms with Crippen LogP contribution in [0.2, 0.25) is 5.15 Å². The molecule has 0 unspecified atom stereocenters. The van der Waals surface area contributed by atoms with Crippen LogP contribution in [-0.2, 0) is 4.74 Å². The van der Waals surface area contributed by atoms with Gasteiger partial charge in [0.25, 0.3) is 0 Å². The maximum Gasteiger partial charge on any atom is 0.177 e. The SMILES string of the molecule is Clc1cc(NC[C@@H]2CCCO2)c2ncc(-c3ccc(-c4cnc(C5CC5)[nH]4)cc3)n2n1. The molecule has 1 saturated heterocycles. The van der Waals surface area contributed by atoms with Gasteiger partial charge in [-0.15, -0.1) is 0 Å². The average molecular weight is 435 g/mol. The first-order valence-electron chi connectivity index (χ1n) is 10.8. The van der Waals surface area contributed by atoms with Gasteiger partial charge in [0.1, 0.15) is 5.82 Å². The van der Waals surface area contributed by atoms with E-state index in [4.69, 9.17) is 16.3 Å². The van der Waals surface area contributed by atoms with Crippen LogP contribution in [0.5, 0.6) is 0 Å². The van der Waals surface area contributed by atoms with E-state index in [-0.39, 0.29) is 6.10 Å². The molecule has 1 aliphatic heterocycles. The van der Waals surface area contributed by atoms with Crippen LogP contribution in [0.3, 0.4) is 0 Å². The fourth-order valence-electron chi connectivity index (χ4n) is 4.16. The number of fused-ring (bicyclic) bond motifs is 1. The van der Waals surface area contributed by atoms with Crippen LogP contribution in [0.15, 0.2) is 42.7 Å². The molecule has 8 heteroatoms. The fourth-order valence-corrected chi connectivity index (χ4v) is 4.35. The minimum Gasteiger partial charge on any atom is -0.379 e. The second-order valence-corrected chi connectivity index (χ2v) is 8.70. The van der Waals surface area contributed by atoms with E-state index in [0.717, 1.165) is 65.7 Å². The Morgan fingerprint density at radius 1 is 1.10 bits per heavy atom. The Hall–Kier alpha value is -2.90. The molecule has 4 heterocycles. The van der Waals surface area contributed by atoms with Gasteiger partial charge in [0.2, 0.25) is 0 Å². The van der Waals surface area contributed by atoms with Gasteiger partial charge in [-0.05, 0) is 31.2 Å². The number of H-pyrrole nitrogens is 1. The van der Waals surface area contributed by atoms with E-state index in [0.29, 0.717) is 11.1 Å². The number of anilines is 1. The summed E-state index contributed by atoms with van der Waals surface area (Å²) < 4.78 is 7.51. The normalized spacial score (nSPS) is 18.7. The van der Waals surface area contributed by atoms with Crippen molar-refractivity contribution in [2.75, 3.05) is 18.5 Å². The highest BCUT2D eigenvalue weighted by molar-refractivity contribution is 6.29. The highest BCUT2D eigenvalue weighted by Crippen LogP contribution is 2.39. The summed E-state index contributed by atoms with van der Waals surface area (Å²) in [5, 5.41) is 8.35. The number of imidazole rings is 2. The van der Waals surface area contributed by atoms with Crippen LogP contribution < -0.4 is 5.32 Å². The number of rotatable bonds is 6. The Labute approximate surface area is 184 Å². The van der Waals surface area contributed by atoms with E-state index >= 15 is 0 Å². The Bertz CT molecular complexity index is 1220. The van der Waals surface area contributed by atoms with E-state index in [9.17, 15) is 0 Å². The van der Waals surface area contributed by atoms with E-state index in [1.54, 1.807) is 4.52 Å². The van der Waals surface area contributed by atoms with Crippen molar-refractivity contribution in [2.45, 2.75) is 37.7 Å². The van der Waals surface area contributed by atoms with E-state index < -0.39 is 0 Å². The lowest BCUT2D eigenvalue weighted by atomic mass is 10.1. The van der Waals surface area contributed by atoms with Gasteiger partial charge in [-0.1, -0.05) is 35.9 Å². The Kier molecular flexibility index (Phi) is 4.65. The van der Waals surface area contributed by atoms with Gasteiger partial charge in [0.15, 0.2) is 10.8 Å². The lowest BCUT2D eigenvalue weighted by Gasteiger charge is -2.13. The first-order valence-corrected chi connectivity index (χ1v) is 11.2. The first-order chi connectivity index (χ1) is 15.2. The standard InChI is InChI=1S/C23H23ClN6O/c24-21-10-18(25-11-17-2-1-9-31-17)23-27-13-20(30(23)29-21)15-5-3-14(4-6-15)19-12-26-22(28-19)16-7-8-16/h3-6,10,12-13,16-17,25H,1-2,7-9,11H2,(H,26,28)/t17-/m0/s1. The number of halogens is 1. The molecule has 3 aromatic heterocycles. The third kappa shape index (κ3) is 3.68. The number of aromatic nitrogens is 5. The number of nitrogens with zero attached hydrogens (tertiary/aromatic N) is 4. The second-order valence-electron chi connectivity index (χ2n) is 8.31. The second kappa shape index (κ2) is 7.66. The molecular weight excluding hydrogens is 412 g/mol. The third-order valence-electron chi connectivity index (χ3n) is 6.03. The molecule has 31 heavy (non-hydrogen) atoms. The van der Waals surface area contributed by atoms with Crippen LogP contribution in [0.25, 0.3) is 28.2 Å². The van der Waals surface area contributed by atoms with Crippen molar-refractivity contribution < 1.29 is 4.74 Å². The number of hydrogen-bond donors (Lipinski definition) is 2. The number of aromatic amines is 1.